The minimum Gasteiger partial charge on any atom is -0.457 e. The highest BCUT2D eigenvalue weighted by molar-refractivity contribution is 7.99. The van der Waals surface area contributed by atoms with E-state index in [0.717, 1.165) is 17.0 Å². The molecule has 2 aromatic heterocycles. The van der Waals surface area contributed by atoms with E-state index in [1.165, 1.54) is 11.8 Å². The first kappa shape index (κ1) is 22.4. The monoisotopic (exact) mass is 479 g/mol. The molecule has 0 atom stereocenters. The molecule has 5 aromatic rings. The Hall–Kier alpha value is -4.43. The second kappa shape index (κ2) is 10.7. The van der Waals surface area contributed by atoms with Crippen molar-refractivity contribution in [2.24, 2.45) is 0 Å². The number of hydrogen-bond donors (Lipinski definition) is 1. The Bertz CT molecular complexity index is 1410. The van der Waals surface area contributed by atoms with Crippen molar-refractivity contribution in [3.05, 3.63) is 109 Å². The quantitative estimate of drug-likeness (QED) is 0.281. The molecule has 7 nitrogen and oxygen atoms in total. The third-order valence-electron chi connectivity index (χ3n) is 5.02. The fourth-order valence-corrected chi connectivity index (χ4v) is 4.20. The van der Waals surface area contributed by atoms with Gasteiger partial charge in [-0.15, -0.1) is 10.2 Å². The molecular formula is C27H21N5O2S. The van der Waals surface area contributed by atoms with Gasteiger partial charge in [0, 0.05) is 35.4 Å². The van der Waals surface area contributed by atoms with Crippen LogP contribution in [0.1, 0.15) is 0 Å². The summed E-state index contributed by atoms with van der Waals surface area (Å²) in [5.41, 5.74) is 2.46. The third kappa shape index (κ3) is 5.56. The number of carbonyl (C=O) groups excluding carboxylic acids is 1. The Kier molecular flexibility index (Phi) is 6.82. The Morgan fingerprint density at radius 2 is 1.54 bits per heavy atom. The molecule has 1 N–H and O–H groups in total. The van der Waals surface area contributed by atoms with Gasteiger partial charge in [0.05, 0.1) is 5.75 Å². The van der Waals surface area contributed by atoms with Crippen LogP contribution >= 0.6 is 11.8 Å². The molecule has 35 heavy (non-hydrogen) atoms. The van der Waals surface area contributed by atoms with E-state index >= 15 is 0 Å². The molecule has 0 spiro atoms. The molecule has 8 heteroatoms. The van der Waals surface area contributed by atoms with Gasteiger partial charge in [0.2, 0.25) is 5.91 Å². The van der Waals surface area contributed by atoms with Gasteiger partial charge < -0.3 is 10.1 Å². The summed E-state index contributed by atoms with van der Waals surface area (Å²) < 4.78 is 7.80. The first-order valence-electron chi connectivity index (χ1n) is 10.9. The van der Waals surface area contributed by atoms with Crippen LogP contribution in [0.25, 0.3) is 17.1 Å². The maximum atomic E-state index is 12.7. The average molecular weight is 480 g/mol. The fraction of sp³-hybridized carbons (Fsp3) is 0.0370. The van der Waals surface area contributed by atoms with Crippen LogP contribution in [0.15, 0.2) is 115 Å². The number of rotatable bonds is 8. The number of benzene rings is 3. The topological polar surface area (TPSA) is 81.9 Å². The van der Waals surface area contributed by atoms with E-state index in [2.05, 4.69) is 20.5 Å². The SMILES string of the molecule is O=C(CSc1nnc(-c2ccncc2)n1-c1ccccc1)Nc1cccc(Oc2ccccc2)c1. The van der Waals surface area contributed by atoms with Crippen molar-refractivity contribution in [1.29, 1.82) is 0 Å². The van der Waals surface area contributed by atoms with Gasteiger partial charge in [-0.3, -0.25) is 14.3 Å². The summed E-state index contributed by atoms with van der Waals surface area (Å²) in [5, 5.41) is 12.3. The minimum atomic E-state index is -0.153. The van der Waals surface area contributed by atoms with Gasteiger partial charge in [-0.25, -0.2) is 0 Å². The summed E-state index contributed by atoms with van der Waals surface area (Å²) in [6, 6.07) is 30.4. The van der Waals surface area contributed by atoms with Crippen LogP contribution in [0, 0.1) is 0 Å². The predicted molar refractivity (Wildman–Crippen MR) is 137 cm³/mol. The van der Waals surface area contributed by atoms with Crippen LogP contribution < -0.4 is 10.1 Å². The molecule has 0 saturated heterocycles. The van der Waals surface area contributed by atoms with Crippen molar-refractivity contribution in [3.8, 4) is 28.6 Å². The lowest BCUT2D eigenvalue weighted by Gasteiger charge is -2.11. The summed E-state index contributed by atoms with van der Waals surface area (Å²) in [4.78, 5) is 16.8. The van der Waals surface area contributed by atoms with Crippen molar-refractivity contribution in [2.45, 2.75) is 5.16 Å². The summed E-state index contributed by atoms with van der Waals surface area (Å²) in [7, 11) is 0. The molecule has 2 heterocycles. The van der Waals surface area contributed by atoms with Gasteiger partial charge in [0.15, 0.2) is 11.0 Å². The third-order valence-corrected chi connectivity index (χ3v) is 5.94. The highest BCUT2D eigenvalue weighted by Crippen LogP contribution is 2.28. The smallest absolute Gasteiger partial charge is 0.234 e. The number of thioether (sulfide) groups is 1. The highest BCUT2D eigenvalue weighted by Gasteiger charge is 2.17. The maximum absolute atomic E-state index is 12.7. The molecular weight excluding hydrogens is 458 g/mol. The van der Waals surface area contributed by atoms with E-state index in [1.807, 2.05) is 95.6 Å². The number of amides is 1. The van der Waals surface area contributed by atoms with E-state index in [9.17, 15) is 4.79 Å². The Morgan fingerprint density at radius 1 is 0.829 bits per heavy atom. The molecule has 0 bridgehead atoms. The first-order valence-corrected chi connectivity index (χ1v) is 11.9. The molecule has 0 radical (unpaired) electrons. The minimum absolute atomic E-state index is 0.153. The predicted octanol–water partition coefficient (Wildman–Crippen LogP) is 5.85. The molecule has 0 aliphatic heterocycles. The molecule has 0 aliphatic rings. The van der Waals surface area contributed by atoms with Crippen molar-refractivity contribution in [1.82, 2.24) is 19.7 Å². The lowest BCUT2D eigenvalue weighted by atomic mass is 10.2. The van der Waals surface area contributed by atoms with Gasteiger partial charge >= 0.3 is 0 Å². The van der Waals surface area contributed by atoms with Gasteiger partial charge in [-0.1, -0.05) is 54.2 Å². The van der Waals surface area contributed by atoms with Crippen LogP contribution in [0.4, 0.5) is 5.69 Å². The zero-order valence-corrected chi connectivity index (χ0v) is 19.4. The molecule has 3 aromatic carbocycles. The van der Waals surface area contributed by atoms with Crippen molar-refractivity contribution in [2.75, 3.05) is 11.1 Å². The van der Waals surface area contributed by atoms with Crippen LogP contribution in [0.5, 0.6) is 11.5 Å². The Balaban J connectivity index is 1.30. The van der Waals surface area contributed by atoms with Crippen LogP contribution in [-0.2, 0) is 4.79 Å². The van der Waals surface area contributed by atoms with E-state index < -0.39 is 0 Å². The Labute approximate surface area is 206 Å². The number of aromatic nitrogens is 4. The Morgan fingerprint density at radius 3 is 2.31 bits per heavy atom. The van der Waals surface area contributed by atoms with Gasteiger partial charge in [0.1, 0.15) is 11.5 Å². The van der Waals surface area contributed by atoms with Gasteiger partial charge in [-0.2, -0.15) is 0 Å². The maximum Gasteiger partial charge on any atom is 0.234 e. The number of carbonyl (C=O) groups is 1. The van der Waals surface area contributed by atoms with Crippen molar-refractivity contribution in [3.63, 3.8) is 0 Å². The average Bonchev–Trinajstić information content (AvgIpc) is 3.33. The van der Waals surface area contributed by atoms with Gasteiger partial charge in [-0.05, 0) is 48.5 Å². The van der Waals surface area contributed by atoms with E-state index in [0.29, 0.717) is 22.4 Å². The standard InChI is InChI=1S/C27H21N5O2S/c33-25(29-21-8-7-13-24(18-21)34-23-11-5-2-6-12-23)19-35-27-31-30-26(20-14-16-28-17-15-20)32(27)22-9-3-1-4-10-22/h1-18H,19H2,(H,29,33). The molecule has 1 amide bonds. The number of ether oxygens (including phenoxy) is 1. The van der Waals surface area contributed by atoms with E-state index in [1.54, 1.807) is 18.5 Å². The lowest BCUT2D eigenvalue weighted by molar-refractivity contribution is -0.113. The molecule has 0 saturated carbocycles. The number of nitrogens with one attached hydrogen (secondary N) is 1. The summed E-state index contributed by atoms with van der Waals surface area (Å²) in [5.74, 6) is 2.09. The molecule has 0 aliphatic carbocycles. The van der Waals surface area contributed by atoms with E-state index in [-0.39, 0.29) is 11.7 Å². The van der Waals surface area contributed by atoms with Crippen molar-refractivity contribution >= 4 is 23.4 Å². The summed E-state index contributed by atoms with van der Waals surface area (Å²) in [6.45, 7) is 0. The molecule has 0 fully saturated rings. The van der Waals surface area contributed by atoms with Crippen LogP contribution in [-0.4, -0.2) is 31.4 Å². The van der Waals surface area contributed by atoms with Crippen molar-refractivity contribution < 1.29 is 9.53 Å². The number of anilines is 1. The summed E-state index contributed by atoms with van der Waals surface area (Å²) >= 11 is 1.32. The van der Waals surface area contributed by atoms with Crippen LogP contribution in [0.2, 0.25) is 0 Å². The number of nitrogens with zero attached hydrogens (tertiary/aromatic N) is 4. The molecule has 5 rings (SSSR count). The largest absolute Gasteiger partial charge is 0.457 e. The lowest BCUT2D eigenvalue weighted by Crippen LogP contribution is -2.14. The highest BCUT2D eigenvalue weighted by atomic mass is 32.2. The second-order valence-electron chi connectivity index (χ2n) is 7.49. The number of hydrogen-bond acceptors (Lipinski definition) is 6. The first-order chi connectivity index (χ1) is 17.3. The number of pyridine rings is 1. The normalized spacial score (nSPS) is 10.6. The zero-order chi connectivity index (χ0) is 23.9. The van der Waals surface area contributed by atoms with Gasteiger partial charge in [0.25, 0.3) is 0 Å². The number of para-hydroxylation sites is 2. The summed E-state index contributed by atoms with van der Waals surface area (Å²) in [6.07, 6.45) is 3.43. The molecule has 172 valence electrons. The van der Waals surface area contributed by atoms with E-state index in [4.69, 9.17) is 4.74 Å². The fourth-order valence-electron chi connectivity index (χ4n) is 3.45. The molecule has 0 unspecified atom stereocenters. The van der Waals surface area contributed by atoms with Crippen LogP contribution in [0.3, 0.4) is 0 Å². The zero-order valence-electron chi connectivity index (χ0n) is 18.6. The second-order valence-corrected chi connectivity index (χ2v) is 8.44.